The Labute approximate surface area is 88.4 Å². The number of rotatable bonds is 2. The SMILES string of the molecule is NCC1(C2CCCCCC2)CCCC1. The van der Waals surface area contributed by atoms with Crippen LogP contribution in [0.25, 0.3) is 0 Å². The van der Waals surface area contributed by atoms with Gasteiger partial charge in [0.05, 0.1) is 0 Å². The van der Waals surface area contributed by atoms with Gasteiger partial charge in [0, 0.05) is 0 Å². The Morgan fingerprint density at radius 1 is 0.857 bits per heavy atom. The summed E-state index contributed by atoms with van der Waals surface area (Å²) < 4.78 is 0. The molecule has 0 aromatic rings. The zero-order chi connectivity index (χ0) is 9.86. The molecule has 14 heavy (non-hydrogen) atoms. The molecule has 0 aromatic heterocycles. The second-order valence-corrected chi connectivity index (χ2v) is 5.46. The molecule has 0 aliphatic heterocycles. The Balaban J connectivity index is 2.01. The molecule has 0 heterocycles. The van der Waals surface area contributed by atoms with Gasteiger partial charge in [-0.05, 0) is 43.6 Å². The van der Waals surface area contributed by atoms with Crippen LogP contribution in [0.3, 0.4) is 0 Å². The molecular weight excluding hydrogens is 170 g/mol. The lowest BCUT2D eigenvalue weighted by Crippen LogP contribution is -2.35. The van der Waals surface area contributed by atoms with Crippen LogP contribution in [-0.4, -0.2) is 6.54 Å². The third kappa shape index (κ3) is 1.98. The number of hydrogen-bond acceptors (Lipinski definition) is 1. The summed E-state index contributed by atoms with van der Waals surface area (Å²) in [6.07, 6.45) is 14.5. The highest BCUT2D eigenvalue weighted by Gasteiger charge is 2.39. The molecular formula is C13H25N. The highest BCUT2D eigenvalue weighted by molar-refractivity contribution is 4.91. The fourth-order valence-corrected chi connectivity index (χ4v) is 3.75. The molecule has 2 aliphatic rings. The van der Waals surface area contributed by atoms with Gasteiger partial charge < -0.3 is 5.73 Å². The maximum atomic E-state index is 6.05. The molecule has 0 bridgehead atoms. The first-order valence-corrected chi connectivity index (χ1v) is 6.57. The van der Waals surface area contributed by atoms with Crippen molar-refractivity contribution in [2.75, 3.05) is 6.54 Å². The summed E-state index contributed by atoms with van der Waals surface area (Å²) in [4.78, 5) is 0. The summed E-state index contributed by atoms with van der Waals surface area (Å²) in [5.74, 6) is 0.970. The molecule has 1 heteroatoms. The Morgan fingerprint density at radius 2 is 1.43 bits per heavy atom. The smallest absolute Gasteiger partial charge is 0.00179 e. The highest BCUT2D eigenvalue weighted by atomic mass is 14.6. The molecule has 0 amide bonds. The summed E-state index contributed by atoms with van der Waals surface area (Å²) in [6, 6.07) is 0. The molecule has 0 saturated heterocycles. The molecule has 2 aliphatic carbocycles. The van der Waals surface area contributed by atoms with E-state index in [2.05, 4.69) is 0 Å². The minimum Gasteiger partial charge on any atom is -0.330 e. The summed E-state index contributed by atoms with van der Waals surface area (Å²) in [7, 11) is 0. The van der Waals surface area contributed by atoms with Crippen LogP contribution in [-0.2, 0) is 0 Å². The van der Waals surface area contributed by atoms with E-state index in [1.807, 2.05) is 0 Å². The molecule has 0 radical (unpaired) electrons. The minimum absolute atomic E-state index is 0.574. The van der Waals surface area contributed by atoms with Crippen LogP contribution in [0.2, 0.25) is 0 Å². The van der Waals surface area contributed by atoms with Crippen molar-refractivity contribution in [2.45, 2.75) is 64.2 Å². The van der Waals surface area contributed by atoms with Crippen LogP contribution >= 0.6 is 0 Å². The van der Waals surface area contributed by atoms with Gasteiger partial charge in [-0.3, -0.25) is 0 Å². The van der Waals surface area contributed by atoms with Crippen LogP contribution in [0.4, 0.5) is 0 Å². The first-order valence-electron chi connectivity index (χ1n) is 6.57. The van der Waals surface area contributed by atoms with E-state index in [0.29, 0.717) is 5.41 Å². The monoisotopic (exact) mass is 195 g/mol. The van der Waals surface area contributed by atoms with Crippen molar-refractivity contribution in [3.63, 3.8) is 0 Å². The average Bonchev–Trinajstić information content (AvgIpc) is 2.54. The van der Waals surface area contributed by atoms with Crippen LogP contribution in [0, 0.1) is 11.3 Å². The van der Waals surface area contributed by atoms with E-state index in [1.54, 1.807) is 0 Å². The normalized spacial score (nSPS) is 28.9. The molecule has 2 rings (SSSR count). The van der Waals surface area contributed by atoms with Crippen molar-refractivity contribution >= 4 is 0 Å². The third-order valence-electron chi connectivity index (χ3n) is 4.73. The molecule has 2 fully saturated rings. The van der Waals surface area contributed by atoms with Crippen LogP contribution in [0.1, 0.15) is 64.2 Å². The average molecular weight is 195 g/mol. The summed E-state index contributed by atoms with van der Waals surface area (Å²) >= 11 is 0. The predicted octanol–water partition coefficient (Wildman–Crippen LogP) is 3.48. The van der Waals surface area contributed by atoms with E-state index in [-0.39, 0.29) is 0 Å². The van der Waals surface area contributed by atoms with Gasteiger partial charge in [0.2, 0.25) is 0 Å². The van der Waals surface area contributed by atoms with E-state index in [0.717, 1.165) is 12.5 Å². The third-order valence-corrected chi connectivity index (χ3v) is 4.73. The molecule has 2 saturated carbocycles. The van der Waals surface area contributed by atoms with Gasteiger partial charge in [0.25, 0.3) is 0 Å². The van der Waals surface area contributed by atoms with Crippen molar-refractivity contribution in [3.8, 4) is 0 Å². The van der Waals surface area contributed by atoms with E-state index in [1.165, 1.54) is 64.2 Å². The standard InChI is InChI=1S/C13H25N/c14-11-13(9-5-6-10-13)12-7-3-1-2-4-8-12/h12H,1-11,14H2. The zero-order valence-electron chi connectivity index (χ0n) is 9.43. The van der Waals surface area contributed by atoms with Gasteiger partial charge in [-0.25, -0.2) is 0 Å². The van der Waals surface area contributed by atoms with E-state index >= 15 is 0 Å². The molecule has 1 nitrogen and oxygen atoms in total. The lowest BCUT2D eigenvalue weighted by molar-refractivity contribution is 0.156. The maximum Gasteiger partial charge on any atom is -0.00179 e. The molecule has 0 aromatic carbocycles. The van der Waals surface area contributed by atoms with Crippen molar-refractivity contribution in [3.05, 3.63) is 0 Å². The van der Waals surface area contributed by atoms with Gasteiger partial charge in [-0.15, -0.1) is 0 Å². The van der Waals surface area contributed by atoms with E-state index in [4.69, 9.17) is 5.73 Å². The van der Waals surface area contributed by atoms with Crippen molar-refractivity contribution in [1.82, 2.24) is 0 Å². The lowest BCUT2D eigenvalue weighted by Gasteiger charge is -2.36. The molecule has 82 valence electrons. The van der Waals surface area contributed by atoms with Crippen LogP contribution < -0.4 is 5.73 Å². The van der Waals surface area contributed by atoms with Gasteiger partial charge in [-0.2, -0.15) is 0 Å². The van der Waals surface area contributed by atoms with Crippen molar-refractivity contribution < 1.29 is 0 Å². The maximum absolute atomic E-state index is 6.05. The molecule has 2 N–H and O–H groups in total. The Hall–Kier alpha value is -0.0400. The number of hydrogen-bond donors (Lipinski definition) is 1. The summed E-state index contributed by atoms with van der Waals surface area (Å²) in [6.45, 7) is 0.956. The molecule has 0 unspecified atom stereocenters. The topological polar surface area (TPSA) is 26.0 Å². The van der Waals surface area contributed by atoms with E-state index < -0.39 is 0 Å². The first-order chi connectivity index (χ1) is 6.87. The van der Waals surface area contributed by atoms with Gasteiger partial charge in [-0.1, -0.05) is 38.5 Å². The van der Waals surface area contributed by atoms with Crippen LogP contribution in [0.5, 0.6) is 0 Å². The van der Waals surface area contributed by atoms with Crippen molar-refractivity contribution in [1.29, 1.82) is 0 Å². The fourth-order valence-electron chi connectivity index (χ4n) is 3.75. The van der Waals surface area contributed by atoms with Crippen molar-refractivity contribution in [2.24, 2.45) is 17.1 Å². The lowest BCUT2D eigenvalue weighted by atomic mass is 9.70. The number of nitrogens with two attached hydrogens (primary N) is 1. The zero-order valence-corrected chi connectivity index (χ0v) is 9.43. The van der Waals surface area contributed by atoms with Gasteiger partial charge >= 0.3 is 0 Å². The second kappa shape index (κ2) is 4.65. The van der Waals surface area contributed by atoms with Gasteiger partial charge in [0.1, 0.15) is 0 Å². The Morgan fingerprint density at radius 3 is 1.93 bits per heavy atom. The van der Waals surface area contributed by atoms with E-state index in [9.17, 15) is 0 Å². The highest BCUT2D eigenvalue weighted by Crippen LogP contribution is 2.48. The quantitative estimate of drug-likeness (QED) is 0.671. The largest absolute Gasteiger partial charge is 0.330 e. The first kappa shape index (κ1) is 10.5. The minimum atomic E-state index is 0.574. The van der Waals surface area contributed by atoms with Gasteiger partial charge in [0.15, 0.2) is 0 Å². The fraction of sp³-hybridized carbons (Fsp3) is 1.00. The van der Waals surface area contributed by atoms with Crippen LogP contribution in [0.15, 0.2) is 0 Å². The summed E-state index contributed by atoms with van der Waals surface area (Å²) in [5.41, 5.74) is 6.62. The second-order valence-electron chi connectivity index (χ2n) is 5.46. The molecule has 0 spiro atoms. The predicted molar refractivity (Wildman–Crippen MR) is 61.1 cm³/mol. The summed E-state index contributed by atoms with van der Waals surface area (Å²) in [5, 5.41) is 0. The Kier molecular flexibility index (Phi) is 3.48. The molecule has 0 atom stereocenters. The Bertz CT molecular complexity index is 162.